The Kier molecular flexibility index (Phi) is 70.4. The molecule has 0 aliphatic rings. The number of allylic oxidation sites excluding steroid dienone is 10. The van der Waals surface area contributed by atoms with Gasteiger partial charge in [-0.25, -0.2) is 4.79 Å². The van der Waals surface area contributed by atoms with Gasteiger partial charge in [-0.2, -0.15) is 0 Å². The van der Waals surface area contributed by atoms with Gasteiger partial charge in [0, 0.05) is 12.8 Å². The Morgan fingerprint density at radius 1 is 0.341 bits per heavy atom. The van der Waals surface area contributed by atoms with Gasteiger partial charge in [-0.1, -0.05) is 357 Å². The van der Waals surface area contributed by atoms with Crippen LogP contribution in [0.2, 0.25) is 0 Å². The van der Waals surface area contributed by atoms with E-state index in [0.717, 1.165) is 64.2 Å². The van der Waals surface area contributed by atoms with Crippen LogP contribution in [-0.4, -0.2) is 87.4 Å². The maximum atomic E-state index is 13.0. The Balaban J connectivity index is 3.96. The van der Waals surface area contributed by atoms with Gasteiger partial charge >= 0.3 is 17.9 Å². The molecule has 0 rings (SSSR count). The molecule has 0 aromatic carbocycles. The predicted molar refractivity (Wildman–Crippen MR) is 392 cm³/mol. The molecule has 0 saturated carbocycles. The zero-order valence-electron chi connectivity index (χ0n) is 61.0. The van der Waals surface area contributed by atoms with Crippen LogP contribution in [0.1, 0.15) is 386 Å². The maximum absolute atomic E-state index is 13.0. The molecule has 9 heteroatoms. The molecule has 1 N–H and O–H groups in total. The maximum Gasteiger partial charge on any atom is 0.361 e. The molecule has 0 aliphatic heterocycles. The van der Waals surface area contributed by atoms with Crippen molar-refractivity contribution in [1.29, 1.82) is 0 Å². The lowest BCUT2D eigenvalue weighted by molar-refractivity contribution is -0.870. The number of hydrogen-bond acceptors (Lipinski definition) is 7. The van der Waals surface area contributed by atoms with Crippen molar-refractivity contribution in [3.8, 4) is 0 Å². The number of ether oxygens (including phenoxy) is 4. The number of carboxylic acid groups (broad SMARTS) is 1. The van der Waals surface area contributed by atoms with E-state index in [-0.39, 0.29) is 38.2 Å². The minimum Gasteiger partial charge on any atom is -0.477 e. The Morgan fingerprint density at radius 3 is 0.945 bits per heavy atom. The topological polar surface area (TPSA) is 108 Å². The van der Waals surface area contributed by atoms with Gasteiger partial charge in [-0.15, -0.1) is 0 Å². The summed E-state index contributed by atoms with van der Waals surface area (Å²) in [6.07, 6.45) is 93.8. The summed E-state index contributed by atoms with van der Waals surface area (Å²) in [4.78, 5) is 37.7. The van der Waals surface area contributed by atoms with Crippen LogP contribution < -0.4 is 0 Å². The number of rotatable bonds is 74. The molecule has 0 aromatic rings. The Labute approximate surface area is 565 Å². The van der Waals surface area contributed by atoms with E-state index in [0.29, 0.717) is 17.4 Å². The van der Waals surface area contributed by atoms with E-state index >= 15 is 0 Å². The van der Waals surface area contributed by atoms with Gasteiger partial charge in [0.2, 0.25) is 0 Å². The molecular weight excluding hydrogens is 1130 g/mol. The first-order valence-corrected chi connectivity index (χ1v) is 39.5. The first-order valence-electron chi connectivity index (χ1n) is 39.5. The molecular formula is C82H152NO8+. The third-order valence-electron chi connectivity index (χ3n) is 17.8. The van der Waals surface area contributed by atoms with Crippen molar-refractivity contribution < 1.29 is 42.9 Å². The van der Waals surface area contributed by atoms with Crippen molar-refractivity contribution in [2.45, 2.75) is 399 Å². The lowest BCUT2D eigenvalue weighted by Gasteiger charge is -2.25. The highest BCUT2D eigenvalue weighted by atomic mass is 16.7. The summed E-state index contributed by atoms with van der Waals surface area (Å²) in [6, 6.07) is 0. The van der Waals surface area contributed by atoms with Gasteiger partial charge in [0.1, 0.15) is 13.2 Å². The molecule has 0 radical (unpaired) electrons. The number of quaternary nitrogens is 1. The normalized spacial score (nSPS) is 12.9. The number of esters is 2. The summed E-state index contributed by atoms with van der Waals surface area (Å²) < 4.78 is 23.1. The second-order valence-electron chi connectivity index (χ2n) is 28.0. The van der Waals surface area contributed by atoms with Gasteiger partial charge in [0.15, 0.2) is 6.10 Å². The minimum atomic E-state index is -1.51. The number of likely N-dealkylation sites (N-methyl/N-ethyl adjacent to an activating group) is 1. The minimum absolute atomic E-state index is 0.177. The highest BCUT2D eigenvalue weighted by Crippen LogP contribution is 2.19. The van der Waals surface area contributed by atoms with Crippen molar-refractivity contribution in [2.75, 3.05) is 47.5 Å². The standard InChI is InChI=1S/C82H151NO8/c1-6-8-10-12-14-16-18-20-22-24-26-28-30-32-34-35-36-37-38-39-40-41-42-43-44-45-47-49-51-53-55-57-59-61-63-65-67-69-71-73-80(85)91-78(77-90-82(81(86)87)88-75-74-83(3,4)5)76-89-79(84)72-70-68-66-64-62-60-58-56-54-52-50-48-46-33-31-29-27-25-23-21-19-17-15-13-11-9-7-2/h8,10,14,16,20,22,25-28,78,82H,6-7,9,11-13,15,17-19,21,23-24,29-77H2,1-5H3/p+1/b10-8-,16-14-,22-20-,27-25-,28-26-. The summed E-state index contributed by atoms with van der Waals surface area (Å²) in [6.45, 7) is 4.83. The quantitative estimate of drug-likeness (QED) is 0.0211. The second-order valence-corrected chi connectivity index (χ2v) is 28.0. The number of unbranched alkanes of at least 4 members (excludes halogenated alkanes) is 49. The van der Waals surface area contributed by atoms with Crippen LogP contribution in [0.15, 0.2) is 60.8 Å². The molecule has 0 amide bonds. The van der Waals surface area contributed by atoms with Gasteiger partial charge in [0.25, 0.3) is 6.29 Å². The molecule has 0 saturated heterocycles. The van der Waals surface area contributed by atoms with E-state index in [4.69, 9.17) is 18.9 Å². The van der Waals surface area contributed by atoms with E-state index < -0.39 is 18.4 Å². The van der Waals surface area contributed by atoms with Crippen molar-refractivity contribution in [3.05, 3.63) is 60.8 Å². The van der Waals surface area contributed by atoms with Crippen LogP contribution in [0.3, 0.4) is 0 Å². The molecule has 2 atom stereocenters. The molecule has 2 unspecified atom stereocenters. The third-order valence-corrected chi connectivity index (χ3v) is 17.8. The largest absolute Gasteiger partial charge is 0.477 e. The number of carbonyl (C=O) groups excluding carboxylic acids is 2. The van der Waals surface area contributed by atoms with Crippen LogP contribution in [0, 0.1) is 0 Å². The Morgan fingerprint density at radius 2 is 0.626 bits per heavy atom. The summed E-state index contributed by atoms with van der Waals surface area (Å²) in [5.74, 6) is -1.97. The fourth-order valence-electron chi connectivity index (χ4n) is 11.8. The van der Waals surface area contributed by atoms with Gasteiger partial charge in [-0.05, 0) is 77.0 Å². The zero-order chi connectivity index (χ0) is 66.1. The predicted octanol–water partition coefficient (Wildman–Crippen LogP) is 25.0. The number of nitrogens with zero attached hydrogens (tertiary/aromatic N) is 1. The monoisotopic (exact) mass is 1280 g/mol. The van der Waals surface area contributed by atoms with Crippen molar-refractivity contribution in [3.63, 3.8) is 0 Å². The summed E-state index contributed by atoms with van der Waals surface area (Å²) in [5, 5.41) is 9.77. The fraction of sp³-hybridized carbons (Fsp3) is 0.841. The highest BCUT2D eigenvalue weighted by Gasteiger charge is 2.25. The number of aliphatic carboxylic acids is 1. The molecule has 0 aromatic heterocycles. The van der Waals surface area contributed by atoms with E-state index in [9.17, 15) is 19.5 Å². The molecule has 91 heavy (non-hydrogen) atoms. The SMILES string of the molecule is CC/C=C\C/C=C\C/C=C\C/C=C\CCCCCCCCCCCCCCCCCCCCCCCCCCCCC(=O)OC(COC(=O)CCCCCCCCCCCCCCCCC/C=C\CCCCCCCCCC)COC(OCC[N+](C)(C)C)C(=O)O. The first-order chi connectivity index (χ1) is 44.6. The molecule has 532 valence electrons. The van der Waals surface area contributed by atoms with Gasteiger partial charge in [-0.3, -0.25) is 9.59 Å². The molecule has 0 fully saturated rings. The van der Waals surface area contributed by atoms with E-state index in [1.165, 1.54) is 295 Å². The summed E-state index contributed by atoms with van der Waals surface area (Å²) >= 11 is 0. The van der Waals surface area contributed by atoms with Gasteiger partial charge in [0.05, 0.1) is 34.4 Å². The van der Waals surface area contributed by atoms with E-state index in [1.807, 2.05) is 21.1 Å². The van der Waals surface area contributed by atoms with Crippen LogP contribution in [0.4, 0.5) is 0 Å². The number of carbonyl (C=O) groups is 3. The second kappa shape index (κ2) is 72.8. The molecule has 0 spiro atoms. The van der Waals surface area contributed by atoms with Crippen LogP contribution in [-0.2, 0) is 33.3 Å². The van der Waals surface area contributed by atoms with Gasteiger partial charge < -0.3 is 28.5 Å². The average molecular weight is 1280 g/mol. The van der Waals surface area contributed by atoms with Crippen LogP contribution in [0.25, 0.3) is 0 Å². The van der Waals surface area contributed by atoms with Crippen LogP contribution in [0.5, 0.6) is 0 Å². The number of hydrogen-bond donors (Lipinski definition) is 1. The lowest BCUT2D eigenvalue weighted by Crippen LogP contribution is -2.40. The van der Waals surface area contributed by atoms with Crippen molar-refractivity contribution in [1.82, 2.24) is 0 Å². The lowest BCUT2D eigenvalue weighted by atomic mass is 10.0. The number of carboxylic acids is 1. The first kappa shape index (κ1) is 88.0. The molecule has 0 aliphatic carbocycles. The zero-order valence-corrected chi connectivity index (χ0v) is 61.0. The van der Waals surface area contributed by atoms with Crippen LogP contribution >= 0.6 is 0 Å². The Bertz CT molecular complexity index is 1680. The molecule has 9 nitrogen and oxygen atoms in total. The van der Waals surface area contributed by atoms with Crippen molar-refractivity contribution in [2.24, 2.45) is 0 Å². The fourth-order valence-corrected chi connectivity index (χ4v) is 11.8. The average Bonchev–Trinajstić information content (AvgIpc) is 3.46. The van der Waals surface area contributed by atoms with E-state index in [1.54, 1.807) is 0 Å². The summed E-state index contributed by atoms with van der Waals surface area (Å²) in [7, 11) is 6.00. The molecule has 0 heterocycles. The Hall–Kier alpha value is -3.01. The van der Waals surface area contributed by atoms with Crippen molar-refractivity contribution >= 4 is 17.9 Å². The summed E-state index contributed by atoms with van der Waals surface area (Å²) in [5.41, 5.74) is 0. The molecule has 0 bridgehead atoms. The smallest absolute Gasteiger partial charge is 0.361 e. The highest BCUT2D eigenvalue weighted by molar-refractivity contribution is 5.71. The van der Waals surface area contributed by atoms with E-state index in [2.05, 4.69) is 74.6 Å². The third kappa shape index (κ3) is 74.3.